The molecule has 0 amide bonds. The van der Waals surface area contributed by atoms with Gasteiger partial charge in [-0.3, -0.25) is 0 Å². The molecule has 0 bridgehead atoms. The first-order valence-corrected chi connectivity index (χ1v) is 8.21. The van der Waals surface area contributed by atoms with Gasteiger partial charge in [-0.25, -0.2) is 0 Å². The first kappa shape index (κ1) is 16.3. The van der Waals surface area contributed by atoms with E-state index in [1.165, 1.54) is 11.8 Å². The average Bonchev–Trinajstić information content (AvgIpc) is 3.28. The van der Waals surface area contributed by atoms with Crippen LogP contribution in [-0.4, -0.2) is 34.6 Å². The van der Waals surface area contributed by atoms with Crippen molar-refractivity contribution in [1.29, 1.82) is 0 Å². The van der Waals surface area contributed by atoms with Crippen molar-refractivity contribution >= 4 is 11.8 Å². The molecule has 0 aliphatic heterocycles. The minimum absolute atomic E-state index is 0.386. The maximum Gasteiger partial charge on any atom is 0.277 e. The highest BCUT2D eigenvalue weighted by Gasteiger charge is 2.13. The predicted molar refractivity (Wildman–Crippen MR) is 86.1 cm³/mol. The molecule has 0 radical (unpaired) electrons. The van der Waals surface area contributed by atoms with E-state index >= 15 is 0 Å². The van der Waals surface area contributed by atoms with Crippen LogP contribution >= 0.6 is 11.8 Å². The average molecular weight is 348 g/mol. The molecule has 0 saturated heterocycles. The Bertz CT molecular complexity index is 795. The Morgan fingerprint density at radius 1 is 1.08 bits per heavy atom. The summed E-state index contributed by atoms with van der Waals surface area (Å²) in [5.74, 6) is 3.38. The topological polar surface area (TPSA) is 96.3 Å². The lowest BCUT2D eigenvalue weighted by Crippen LogP contribution is -1.88. The second-order valence-electron chi connectivity index (χ2n) is 4.72. The molecule has 3 rings (SSSR count). The smallest absolute Gasteiger partial charge is 0.277 e. The maximum absolute atomic E-state index is 5.67. The summed E-state index contributed by atoms with van der Waals surface area (Å²) in [5.41, 5.74) is 0.721. The molecule has 24 heavy (non-hydrogen) atoms. The van der Waals surface area contributed by atoms with Gasteiger partial charge in [0.15, 0.2) is 5.82 Å². The lowest BCUT2D eigenvalue weighted by molar-refractivity contribution is 0.378. The van der Waals surface area contributed by atoms with Crippen molar-refractivity contribution in [3.05, 3.63) is 29.9 Å². The molecule has 8 nitrogen and oxygen atoms in total. The number of hydrogen-bond donors (Lipinski definition) is 0. The molecular formula is C15H16N4O4S. The second-order valence-corrected chi connectivity index (χ2v) is 5.65. The zero-order valence-electron chi connectivity index (χ0n) is 13.5. The van der Waals surface area contributed by atoms with E-state index in [1.807, 2.05) is 6.92 Å². The van der Waals surface area contributed by atoms with Crippen molar-refractivity contribution in [2.24, 2.45) is 0 Å². The Balaban J connectivity index is 1.73. The van der Waals surface area contributed by atoms with Crippen molar-refractivity contribution in [1.82, 2.24) is 20.3 Å². The fourth-order valence-electron chi connectivity index (χ4n) is 1.93. The van der Waals surface area contributed by atoms with Gasteiger partial charge in [0, 0.05) is 18.1 Å². The monoisotopic (exact) mass is 348 g/mol. The van der Waals surface area contributed by atoms with E-state index in [2.05, 4.69) is 20.3 Å². The van der Waals surface area contributed by atoms with Crippen LogP contribution in [0.4, 0.5) is 0 Å². The normalized spacial score (nSPS) is 10.8. The third kappa shape index (κ3) is 3.67. The SMILES string of the molecule is CCc1nc(CSc2nnc(-c3cc(OC)cc(OC)c3)o2)no1. The van der Waals surface area contributed by atoms with Crippen LogP contribution in [0.25, 0.3) is 11.5 Å². The molecule has 0 unspecified atom stereocenters. The first-order chi connectivity index (χ1) is 11.7. The fraction of sp³-hybridized carbons (Fsp3) is 0.333. The minimum atomic E-state index is 0.386. The number of rotatable bonds is 7. The number of ether oxygens (including phenoxy) is 2. The number of methoxy groups -OCH3 is 2. The summed E-state index contributed by atoms with van der Waals surface area (Å²) in [5, 5.41) is 12.4. The zero-order chi connectivity index (χ0) is 16.9. The zero-order valence-corrected chi connectivity index (χ0v) is 14.3. The summed E-state index contributed by atoms with van der Waals surface area (Å²) in [6, 6.07) is 5.38. The molecule has 0 saturated carbocycles. The van der Waals surface area contributed by atoms with Crippen molar-refractivity contribution in [3.8, 4) is 23.0 Å². The highest BCUT2D eigenvalue weighted by atomic mass is 32.2. The van der Waals surface area contributed by atoms with Gasteiger partial charge in [0.1, 0.15) is 11.5 Å². The number of benzene rings is 1. The molecule has 2 aromatic heterocycles. The predicted octanol–water partition coefficient (Wildman–Crippen LogP) is 2.99. The molecule has 1 aromatic carbocycles. The standard InChI is InChI=1S/C15H16N4O4S/c1-4-13-16-12(19-23-13)8-24-15-18-17-14(22-15)9-5-10(20-2)7-11(6-9)21-3/h5-7H,4,8H2,1-3H3. The summed E-state index contributed by atoms with van der Waals surface area (Å²) >= 11 is 1.34. The number of aryl methyl sites for hydroxylation is 1. The highest BCUT2D eigenvalue weighted by molar-refractivity contribution is 7.98. The first-order valence-electron chi connectivity index (χ1n) is 7.23. The van der Waals surface area contributed by atoms with E-state index in [0.717, 1.165) is 5.56 Å². The molecule has 3 aromatic rings. The summed E-state index contributed by atoms with van der Waals surface area (Å²) in [6.45, 7) is 1.96. The largest absolute Gasteiger partial charge is 0.497 e. The van der Waals surface area contributed by atoms with Crippen LogP contribution in [0, 0.1) is 0 Å². The van der Waals surface area contributed by atoms with E-state index in [-0.39, 0.29) is 0 Å². The minimum Gasteiger partial charge on any atom is -0.497 e. The summed E-state index contributed by atoms with van der Waals surface area (Å²) < 4.78 is 21.2. The van der Waals surface area contributed by atoms with Gasteiger partial charge in [0.05, 0.1) is 20.0 Å². The van der Waals surface area contributed by atoms with Crippen molar-refractivity contribution in [2.75, 3.05) is 14.2 Å². The van der Waals surface area contributed by atoms with Gasteiger partial charge in [-0.05, 0) is 12.1 Å². The number of thioether (sulfide) groups is 1. The van der Waals surface area contributed by atoms with Crippen LogP contribution in [0.15, 0.2) is 32.4 Å². The van der Waals surface area contributed by atoms with Crippen molar-refractivity contribution in [2.45, 2.75) is 24.3 Å². The molecule has 0 fully saturated rings. The third-order valence-corrected chi connectivity index (χ3v) is 3.96. The van der Waals surface area contributed by atoms with E-state index in [1.54, 1.807) is 32.4 Å². The molecule has 0 aliphatic carbocycles. The second kappa shape index (κ2) is 7.35. The Labute approximate surface area is 142 Å². The molecule has 126 valence electrons. The van der Waals surface area contributed by atoms with Gasteiger partial charge in [0.2, 0.25) is 11.8 Å². The van der Waals surface area contributed by atoms with Crippen LogP contribution < -0.4 is 9.47 Å². The van der Waals surface area contributed by atoms with Gasteiger partial charge in [-0.2, -0.15) is 4.98 Å². The highest BCUT2D eigenvalue weighted by Crippen LogP contribution is 2.31. The molecular weight excluding hydrogens is 332 g/mol. The van der Waals surface area contributed by atoms with Gasteiger partial charge >= 0.3 is 0 Å². The van der Waals surface area contributed by atoms with Crippen LogP contribution in [-0.2, 0) is 12.2 Å². The maximum atomic E-state index is 5.67. The molecule has 0 N–H and O–H groups in total. The lowest BCUT2D eigenvalue weighted by Gasteiger charge is -2.05. The van der Waals surface area contributed by atoms with Gasteiger partial charge in [0.25, 0.3) is 5.22 Å². The number of nitrogens with zero attached hydrogens (tertiary/aromatic N) is 4. The molecule has 0 spiro atoms. The summed E-state index contributed by atoms with van der Waals surface area (Å²) in [4.78, 5) is 4.23. The van der Waals surface area contributed by atoms with E-state index in [4.69, 9.17) is 18.4 Å². The Morgan fingerprint density at radius 3 is 2.46 bits per heavy atom. The molecule has 0 aliphatic rings. The van der Waals surface area contributed by atoms with E-state index in [9.17, 15) is 0 Å². The van der Waals surface area contributed by atoms with Crippen LogP contribution in [0.5, 0.6) is 11.5 Å². The Kier molecular flexibility index (Phi) is 4.99. The van der Waals surface area contributed by atoms with Crippen molar-refractivity contribution < 1.29 is 18.4 Å². The summed E-state index contributed by atoms with van der Waals surface area (Å²) in [6.07, 6.45) is 0.708. The fourth-order valence-corrected chi connectivity index (χ4v) is 2.54. The van der Waals surface area contributed by atoms with Gasteiger partial charge in [-0.15, -0.1) is 10.2 Å². The summed E-state index contributed by atoms with van der Waals surface area (Å²) in [7, 11) is 3.17. The lowest BCUT2D eigenvalue weighted by atomic mass is 10.2. The Morgan fingerprint density at radius 2 is 1.83 bits per heavy atom. The van der Waals surface area contributed by atoms with Gasteiger partial charge < -0.3 is 18.4 Å². The molecule has 0 atom stereocenters. The Hall–Kier alpha value is -2.55. The molecule has 9 heteroatoms. The van der Waals surface area contributed by atoms with E-state index in [0.29, 0.717) is 46.5 Å². The number of aromatic nitrogens is 4. The van der Waals surface area contributed by atoms with Crippen LogP contribution in [0.3, 0.4) is 0 Å². The molecule has 2 heterocycles. The third-order valence-electron chi connectivity index (χ3n) is 3.14. The quantitative estimate of drug-likeness (QED) is 0.597. The van der Waals surface area contributed by atoms with Gasteiger partial charge in [-0.1, -0.05) is 23.8 Å². The number of hydrogen-bond acceptors (Lipinski definition) is 9. The van der Waals surface area contributed by atoms with Crippen LogP contribution in [0.1, 0.15) is 18.6 Å². The van der Waals surface area contributed by atoms with Crippen LogP contribution in [0.2, 0.25) is 0 Å². The van der Waals surface area contributed by atoms with Crippen molar-refractivity contribution in [3.63, 3.8) is 0 Å². The van der Waals surface area contributed by atoms with E-state index < -0.39 is 0 Å².